The van der Waals surface area contributed by atoms with Gasteiger partial charge in [-0.15, -0.1) is 0 Å². The molecule has 0 aromatic heterocycles. The van der Waals surface area contributed by atoms with Crippen molar-refractivity contribution in [3.8, 4) is 0 Å². The average molecular weight is 138 g/mol. The van der Waals surface area contributed by atoms with Gasteiger partial charge in [-0.2, -0.15) is 0 Å². The predicted octanol–water partition coefficient (Wildman–Crippen LogP) is 1.15. The molecular weight excluding hydrogens is 135 g/mol. The van der Waals surface area contributed by atoms with Crippen LogP contribution in [0, 0.1) is 0 Å². The summed E-state index contributed by atoms with van der Waals surface area (Å²) in [5.41, 5.74) is 0. The normalized spacial score (nSPS) is 23.5. The molecule has 1 aliphatic heterocycles. The largest absolute Gasteiger partial charge is 0.589 e. The van der Waals surface area contributed by atoms with Crippen LogP contribution in [0.15, 0.2) is 12.8 Å². The maximum absolute atomic E-state index is 10.4. The molecule has 8 heavy (non-hydrogen) atoms. The second-order valence-corrected chi connectivity index (χ2v) is 2.34. The molecule has 0 saturated carbocycles. The number of hydrogen-bond acceptors (Lipinski definition) is 5. The van der Waals surface area contributed by atoms with E-state index in [0.29, 0.717) is 0 Å². The third-order valence-electron chi connectivity index (χ3n) is 0.447. The summed E-state index contributed by atoms with van der Waals surface area (Å²) in [5.74, 6) is 0. The summed E-state index contributed by atoms with van der Waals surface area (Å²) in [4.78, 5) is 0. The van der Waals surface area contributed by atoms with E-state index in [1.165, 1.54) is 0 Å². The van der Waals surface area contributed by atoms with Gasteiger partial charge < -0.3 is 4.52 Å². The van der Waals surface area contributed by atoms with Gasteiger partial charge in [0.15, 0.2) is 0 Å². The molecule has 0 N–H and O–H groups in total. The first kappa shape index (κ1) is 5.78. The molecule has 0 unspecified atom stereocenters. The maximum Gasteiger partial charge on any atom is 0.589 e. The van der Waals surface area contributed by atoms with E-state index < -0.39 is 7.82 Å². The predicted molar refractivity (Wildman–Crippen MR) is 22.1 cm³/mol. The lowest BCUT2D eigenvalue weighted by Crippen LogP contribution is -2.07. The Balaban J connectivity index is 2.41. The molecule has 6 heteroatoms. The topological polar surface area (TPSA) is 54.0 Å². The second-order valence-electron chi connectivity index (χ2n) is 0.936. The van der Waals surface area contributed by atoms with E-state index >= 15 is 0 Å². The van der Waals surface area contributed by atoms with E-state index in [4.69, 9.17) is 0 Å². The number of rotatable bonds is 2. The quantitative estimate of drug-likeness (QED) is 0.325. The monoisotopic (exact) mass is 138 g/mol. The Kier molecular flexibility index (Phi) is 1.35. The number of phosphoric acid groups is 1. The van der Waals surface area contributed by atoms with Crippen LogP contribution in [-0.2, 0) is 23.5 Å². The molecule has 0 aliphatic carbocycles. The first-order valence-corrected chi connectivity index (χ1v) is 3.17. The zero-order valence-electron chi connectivity index (χ0n) is 3.77. The van der Waals surface area contributed by atoms with Gasteiger partial charge in [-0.3, -0.25) is 0 Å². The standard InChI is InChI=1S/C2H3O5P/c1-2-4-8(3)6-5-7-8/h2H,1H2. The fourth-order valence-electron chi connectivity index (χ4n) is 0.207. The van der Waals surface area contributed by atoms with Crippen molar-refractivity contribution in [2.24, 2.45) is 0 Å². The Morgan fingerprint density at radius 3 is 2.38 bits per heavy atom. The van der Waals surface area contributed by atoms with Crippen molar-refractivity contribution in [3.05, 3.63) is 12.8 Å². The Labute approximate surface area is 45.3 Å². The molecule has 0 amide bonds. The lowest BCUT2D eigenvalue weighted by Gasteiger charge is -2.18. The van der Waals surface area contributed by atoms with Crippen LogP contribution in [-0.4, -0.2) is 0 Å². The van der Waals surface area contributed by atoms with Crippen LogP contribution in [0.25, 0.3) is 0 Å². The van der Waals surface area contributed by atoms with Crippen molar-refractivity contribution in [1.29, 1.82) is 0 Å². The SMILES string of the molecule is C=COP1(=O)OOO1. The zero-order chi connectivity index (χ0) is 6.04. The average Bonchev–Trinajstić information content (AvgIpc) is 1.64. The molecule has 1 aliphatic rings. The molecule has 1 fully saturated rings. The van der Waals surface area contributed by atoms with Gasteiger partial charge in [-0.25, -0.2) is 4.57 Å². The van der Waals surface area contributed by atoms with E-state index in [1.807, 2.05) is 0 Å². The van der Waals surface area contributed by atoms with Gasteiger partial charge >= 0.3 is 7.82 Å². The van der Waals surface area contributed by atoms with Crippen molar-refractivity contribution in [3.63, 3.8) is 0 Å². The van der Waals surface area contributed by atoms with Gasteiger partial charge in [0.05, 0.1) is 6.26 Å². The van der Waals surface area contributed by atoms with Crippen molar-refractivity contribution < 1.29 is 23.5 Å². The van der Waals surface area contributed by atoms with Gasteiger partial charge in [-0.05, 0) is 5.04 Å². The molecule has 0 radical (unpaired) electrons. The minimum Gasteiger partial charge on any atom is -0.410 e. The molecule has 0 aromatic carbocycles. The molecule has 0 aromatic rings. The molecule has 0 bridgehead atoms. The summed E-state index contributed by atoms with van der Waals surface area (Å²) in [5, 5.41) is 3.65. The van der Waals surface area contributed by atoms with Crippen LogP contribution < -0.4 is 0 Å². The van der Waals surface area contributed by atoms with Crippen LogP contribution in [0.2, 0.25) is 0 Å². The minimum atomic E-state index is -3.33. The van der Waals surface area contributed by atoms with Gasteiger partial charge in [0.1, 0.15) is 0 Å². The highest BCUT2D eigenvalue weighted by molar-refractivity contribution is 7.49. The Bertz CT molecular complexity index is 133. The molecule has 1 heterocycles. The van der Waals surface area contributed by atoms with Crippen LogP contribution in [0.5, 0.6) is 0 Å². The van der Waals surface area contributed by atoms with Crippen molar-refractivity contribution in [1.82, 2.24) is 0 Å². The molecule has 0 spiro atoms. The van der Waals surface area contributed by atoms with E-state index in [0.717, 1.165) is 6.26 Å². The van der Waals surface area contributed by atoms with Crippen molar-refractivity contribution in [2.45, 2.75) is 0 Å². The third-order valence-corrected chi connectivity index (χ3v) is 1.34. The van der Waals surface area contributed by atoms with Gasteiger partial charge in [0.25, 0.3) is 0 Å². The van der Waals surface area contributed by atoms with Crippen LogP contribution in [0.4, 0.5) is 0 Å². The molecular formula is C2H3O5P. The Hall–Kier alpha value is -0.350. The fourth-order valence-corrected chi connectivity index (χ4v) is 0.620. The summed E-state index contributed by atoms with van der Waals surface area (Å²) in [6.45, 7) is 3.12. The van der Waals surface area contributed by atoms with Crippen molar-refractivity contribution >= 4 is 7.82 Å². The summed E-state index contributed by atoms with van der Waals surface area (Å²) in [6.07, 6.45) is 0.948. The lowest BCUT2D eigenvalue weighted by atomic mass is 11.2. The summed E-state index contributed by atoms with van der Waals surface area (Å²) in [7, 11) is -3.33. The van der Waals surface area contributed by atoms with Gasteiger partial charge in [-0.1, -0.05) is 15.9 Å². The summed E-state index contributed by atoms with van der Waals surface area (Å²) < 4.78 is 22.4. The van der Waals surface area contributed by atoms with E-state index in [9.17, 15) is 4.57 Å². The molecule has 1 rings (SSSR count). The highest BCUT2D eigenvalue weighted by Gasteiger charge is 2.41. The molecule has 46 valence electrons. The highest BCUT2D eigenvalue weighted by atomic mass is 31.2. The first-order chi connectivity index (χ1) is 3.77. The minimum absolute atomic E-state index is 0.948. The third kappa shape index (κ3) is 0.900. The van der Waals surface area contributed by atoms with Crippen molar-refractivity contribution in [2.75, 3.05) is 0 Å². The van der Waals surface area contributed by atoms with E-state index in [-0.39, 0.29) is 0 Å². The number of hydrogen-bond donors (Lipinski definition) is 0. The van der Waals surface area contributed by atoms with E-state index in [1.54, 1.807) is 0 Å². The van der Waals surface area contributed by atoms with Crippen LogP contribution in [0.3, 0.4) is 0 Å². The fraction of sp³-hybridized carbons (Fsp3) is 0. The zero-order valence-corrected chi connectivity index (χ0v) is 4.67. The molecule has 5 nitrogen and oxygen atoms in total. The van der Waals surface area contributed by atoms with Gasteiger partial charge in [0, 0.05) is 0 Å². The van der Waals surface area contributed by atoms with Crippen LogP contribution >= 0.6 is 7.82 Å². The first-order valence-electron chi connectivity index (χ1n) is 1.71. The summed E-state index contributed by atoms with van der Waals surface area (Å²) in [6, 6.07) is 0. The molecule has 1 saturated heterocycles. The maximum atomic E-state index is 10.4. The lowest BCUT2D eigenvalue weighted by molar-refractivity contribution is -0.498. The Morgan fingerprint density at radius 1 is 1.62 bits per heavy atom. The molecule has 0 atom stereocenters. The summed E-state index contributed by atoms with van der Waals surface area (Å²) >= 11 is 0. The Morgan fingerprint density at radius 2 is 2.25 bits per heavy atom. The van der Waals surface area contributed by atoms with Crippen LogP contribution in [0.1, 0.15) is 0 Å². The highest BCUT2D eigenvalue weighted by Crippen LogP contribution is 2.57. The second kappa shape index (κ2) is 1.87. The smallest absolute Gasteiger partial charge is 0.410 e. The van der Waals surface area contributed by atoms with Gasteiger partial charge in [0.2, 0.25) is 0 Å². The van der Waals surface area contributed by atoms with E-state index in [2.05, 4.69) is 25.5 Å².